The van der Waals surface area contributed by atoms with Crippen molar-refractivity contribution in [1.29, 1.82) is 0 Å². The van der Waals surface area contributed by atoms with Crippen LogP contribution in [-0.4, -0.2) is 41.1 Å². The van der Waals surface area contributed by atoms with Gasteiger partial charge >= 0.3 is 6.03 Å². The average Bonchev–Trinajstić information content (AvgIpc) is 3.22. The normalized spacial score (nSPS) is 16.5. The number of nitrogens with zero attached hydrogens (tertiary/aromatic N) is 2. The van der Waals surface area contributed by atoms with Gasteiger partial charge < -0.3 is 14.8 Å². The molecule has 1 aliphatic heterocycles. The number of carbonyl (C=O) groups is 2. The summed E-state index contributed by atoms with van der Waals surface area (Å²) in [5, 5.41) is 3.77. The van der Waals surface area contributed by atoms with E-state index in [0.717, 1.165) is 53.5 Å². The first-order valence-corrected chi connectivity index (χ1v) is 15.3. The van der Waals surface area contributed by atoms with E-state index in [2.05, 4.69) is 36.5 Å². The van der Waals surface area contributed by atoms with Crippen LogP contribution in [0, 0.1) is 12.7 Å². The lowest BCUT2D eigenvalue weighted by Crippen LogP contribution is -2.41. The fraction of sp³-hybridized carbons (Fsp3) is 0.361. The quantitative estimate of drug-likeness (QED) is 0.128. The maximum absolute atomic E-state index is 14.7. The van der Waals surface area contributed by atoms with Crippen LogP contribution in [0.4, 0.5) is 9.18 Å². The van der Waals surface area contributed by atoms with Gasteiger partial charge in [0.1, 0.15) is 11.3 Å². The Labute approximate surface area is 258 Å². The molecule has 1 saturated heterocycles. The number of benzene rings is 3. The largest absolute Gasteiger partial charge is 0.493 e. The highest BCUT2D eigenvalue weighted by molar-refractivity contribution is 6.07. The summed E-state index contributed by atoms with van der Waals surface area (Å²) < 4.78 is 26.5. The van der Waals surface area contributed by atoms with Crippen molar-refractivity contribution in [2.75, 3.05) is 13.2 Å². The number of hydrogen-bond acceptors (Lipinski definition) is 5. The van der Waals surface area contributed by atoms with E-state index in [1.807, 2.05) is 44.3 Å². The van der Waals surface area contributed by atoms with Crippen molar-refractivity contribution in [2.24, 2.45) is 0 Å². The number of nitrogens with one attached hydrogen (secondary N) is 1. The van der Waals surface area contributed by atoms with Gasteiger partial charge in [-0.3, -0.25) is 14.7 Å². The minimum Gasteiger partial charge on any atom is -0.493 e. The molecule has 5 rings (SSSR count). The third-order valence-electron chi connectivity index (χ3n) is 8.03. The maximum Gasteiger partial charge on any atom is 0.325 e. The van der Waals surface area contributed by atoms with E-state index in [-0.39, 0.29) is 17.8 Å². The Morgan fingerprint density at radius 1 is 0.977 bits per heavy atom. The Hall–Kier alpha value is -4.46. The second-order valence-electron chi connectivity index (χ2n) is 11.8. The van der Waals surface area contributed by atoms with E-state index in [1.165, 1.54) is 22.6 Å². The summed E-state index contributed by atoms with van der Waals surface area (Å²) in [4.78, 5) is 32.0. The fourth-order valence-electron chi connectivity index (χ4n) is 5.66. The number of pyridine rings is 1. The molecule has 2 heterocycles. The molecule has 1 aromatic heterocycles. The van der Waals surface area contributed by atoms with Gasteiger partial charge in [0.05, 0.1) is 18.2 Å². The summed E-state index contributed by atoms with van der Waals surface area (Å²) in [6.45, 7) is 8.14. The average molecular weight is 598 g/mol. The molecule has 4 aromatic rings. The van der Waals surface area contributed by atoms with Gasteiger partial charge in [-0.15, -0.1) is 0 Å². The number of fused-ring (bicyclic) bond motifs is 1. The van der Waals surface area contributed by atoms with E-state index >= 15 is 0 Å². The molecule has 1 atom stereocenters. The van der Waals surface area contributed by atoms with Crippen molar-refractivity contribution < 1.29 is 23.5 Å². The van der Waals surface area contributed by atoms with Crippen LogP contribution in [-0.2, 0) is 16.8 Å². The van der Waals surface area contributed by atoms with Crippen LogP contribution in [0.2, 0.25) is 0 Å². The molecule has 44 heavy (non-hydrogen) atoms. The molecule has 0 spiro atoms. The number of imide groups is 1. The monoisotopic (exact) mass is 597 g/mol. The minimum absolute atomic E-state index is 0.115. The lowest BCUT2D eigenvalue weighted by atomic mass is 9.91. The van der Waals surface area contributed by atoms with Crippen molar-refractivity contribution in [1.82, 2.24) is 15.2 Å². The predicted octanol–water partition coefficient (Wildman–Crippen LogP) is 7.47. The summed E-state index contributed by atoms with van der Waals surface area (Å²) in [6.07, 6.45) is 5.70. The number of urea groups is 1. The van der Waals surface area contributed by atoms with Gasteiger partial charge in [-0.1, -0.05) is 61.4 Å². The van der Waals surface area contributed by atoms with E-state index < -0.39 is 17.4 Å². The summed E-state index contributed by atoms with van der Waals surface area (Å²) in [5.41, 5.74) is 3.36. The Morgan fingerprint density at radius 2 is 1.75 bits per heavy atom. The van der Waals surface area contributed by atoms with Gasteiger partial charge in [0.15, 0.2) is 11.6 Å². The highest BCUT2D eigenvalue weighted by atomic mass is 19.1. The Morgan fingerprint density at radius 3 is 2.50 bits per heavy atom. The SMILES string of the molecule is Cc1cccc2c(OCCCCCCN3C(=O)NC(C)(c4ccc(OC(C)C)c(F)c4)C3=O)c(Cc3ccccc3)cnc12. The van der Waals surface area contributed by atoms with Gasteiger partial charge in [-0.2, -0.15) is 0 Å². The number of para-hydroxylation sites is 1. The molecule has 0 aliphatic carbocycles. The molecule has 0 radical (unpaired) electrons. The molecule has 3 aromatic carbocycles. The summed E-state index contributed by atoms with van der Waals surface area (Å²) in [6, 6.07) is 20.4. The summed E-state index contributed by atoms with van der Waals surface area (Å²) in [5.74, 6) is 0.0433. The second-order valence-corrected chi connectivity index (χ2v) is 11.8. The minimum atomic E-state index is -1.33. The van der Waals surface area contributed by atoms with Crippen LogP contribution in [0.5, 0.6) is 11.5 Å². The van der Waals surface area contributed by atoms with Crippen LogP contribution in [0.1, 0.15) is 68.7 Å². The van der Waals surface area contributed by atoms with Gasteiger partial charge in [-0.25, -0.2) is 9.18 Å². The third kappa shape index (κ3) is 6.69. The number of carbonyl (C=O) groups excluding carboxylic acids is 2. The molecule has 1 unspecified atom stereocenters. The van der Waals surface area contributed by atoms with E-state index in [4.69, 9.17) is 14.5 Å². The van der Waals surface area contributed by atoms with Crippen LogP contribution in [0.25, 0.3) is 10.9 Å². The third-order valence-corrected chi connectivity index (χ3v) is 8.03. The van der Waals surface area contributed by atoms with Crippen molar-refractivity contribution in [3.8, 4) is 11.5 Å². The first-order chi connectivity index (χ1) is 21.2. The molecular formula is C36H40FN3O4. The summed E-state index contributed by atoms with van der Waals surface area (Å²) in [7, 11) is 0. The lowest BCUT2D eigenvalue weighted by molar-refractivity contribution is -0.131. The van der Waals surface area contributed by atoms with Gasteiger partial charge in [0, 0.05) is 30.1 Å². The van der Waals surface area contributed by atoms with Gasteiger partial charge in [0.2, 0.25) is 0 Å². The number of aryl methyl sites for hydroxylation is 1. The number of ether oxygens (including phenoxy) is 2. The summed E-state index contributed by atoms with van der Waals surface area (Å²) >= 11 is 0. The number of rotatable bonds is 13. The van der Waals surface area contributed by atoms with Crippen LogP contribution in [0.3, 0.4) is 0 Å². The van der Waals surface area contributed by atoms with Crippen molar-refractivity contribution >= 4 is 22.8 Å². The smallest absolute Gasteiger partial charge is 0.325 e. The molecule has 8 heteroatoms. The Kier molecular flexibility index (Phi) is 9.47. The number of halogens is 1. The number of aromatic nitrogens is 1. The van der Waals surface area contributed by atoms with E-state index in [1.54, 1.807) is 13.0 Å². The van der Waals surface area contributed by atoms with Crippen LogP contribution >= 0.6 is 0 Å². The van der Waals surface area contributed by atoms with Crippen molar-refractivity contribution in [3.05, 3.63) is 101 Å². The molecule has 7 nitrogen and oxygen atoms in total. The molecule has 230 valence electrons. The zero-order valence-electron chi connectivity index (χ0n) is 25.9. The molecule has 0 bridgehead atoms. The highest BCUT2D eigenvalue weighted by Crippen LogP contribution is 2.33. The van der Waals surface area contributed by atoms with E-state index in [0.29, 0.717) is 25.1 Å². The van der Waals surface area contributed by atoms with Crippen LogP contribution in [0.15, 0.2) is 72.9 Å². The molecule has 1 aliphatic rings. The Bertz CT molecular complexity index is 1640. The fourth-order valence-corrected chi connectivity index (χ4v) is 5.66. The first kappa shape index (κ1) is 31.0. The first-order valence-electron chi connectivity index (χ1n) is 15.3. The predicted molar refractivity (Wildman–Crippen MR) is 169 cm³/mol. The van der Waals surface area contributed by atoms with Gasteiger partial charge in [0.25, 0.3) is 5.91 Å². The Balaban J connectivity index is 1.14. The number of hydrogen-bond donors (Lipinski definition) is 1. The molecular weight excluding hydrogens is 557 g/mol. The maximum atomic E-state index is 14.7. The van der Waals surface area contributed by atoms with E-state index in [9.17, 15) is 14.0 Å². The zero-order chi connectivity index (χ0) is 31.3. The molecule has 1 fully saturated rings. The zero-order valence-corrected chi connectivity index (χ0v) is 25.9. The van der Waals surface area contributed by atoms with Crippen LogP contribution < -0.4 is 14.8 Å². The van der Waals surface area contributed by atoms with Crippen molar-refractivity contribution in [2.45, 2.75) is 71.4 Å². The van der Waals surface area contributed by atoms with Crippen molar-refractivity contribution in [3.63, 3.8) is 0 Å². The lowest BCUT2D eigenvalue weighted by Gasteiger charge is -2.23. The van der Waals surface area contributed by atoms with Gasteiger partial charge in [-0.05, 0) is 75.4 Å². The number of amides is 3. The standard InChI is InChI=1S/C36H40FN3O4/c1-24(2)44-31-18-17-28(22-30(31)37)36(4)34(41)40(35(42)39-36)19-10-5-6-11-20-43-33-27(21-26-14-8-7-9-15-26)23-38-32-25(3)13-12-16-29(32)33/h7-9,12-18,22-24H,5-6,10-11,19-21H2,1-4H3,(H,39,42). The molecule has 0 saturated carbocycles. The molecule has 1 N–H and O–H groups in total. The molecule has 3 amide bonds. The topological polar surface area (TPSA) is 80.8 Å². The second kappa shape index (κ2) is 13.5. The number of unbranched alkanes of at least 4 members (excludes halogenated alkanes) is 3. The highest BCUT2D eigenvalue weighted by Gasteiger charge is 2.48.